The van der Waals surface area contributed by atoms with Crippen LogP contribution in [0.4, 0.5) is 4.39 Å². The largest absolute Gasteiger partial charge is 0.508 e. The van der Waals surface area contributed by atoms with Gasteiger partial charge in [-0.05, 0) is 54.8 Å². The standard InChI is InChI=1S/C23H21FO3/c1-13-11-16(5-9-20(13)24)22-18-8-10-21(26)14(2)23(18)27-12-19(22)15-3-6-17(25)7-4-15/h3-11,19,22,25-26H,12H2,1-2H3. The van der Waals surface area contributed by atoms with E-state index in [-0.39, 0.29) is 29.2 Å². The normalized spacial score (nSPS) is 18.6. The van der Waals surface area contributed by atoms with Gasteiger partial charge in [0.25, 0.3) is 0 Å². The fourth-order valence-electron chi connectivity index (χ4n) is 3.91. The van der Waals surface area contributed by atoms with Crippen LogP contribution in [0.2, 0.25) is 0 Å². The molecule has 2 unspecified atom stereocenters. The summed E-state index contributed by atoms with van der Waals surface area (Å²) in [6, 6.07) is 15.9. The van der Waals surface area contributed by atoms with Crippen molar-refractivity contribution < 1.29 is 19.3 Å². The number of phenols is 2. The summed E-state index contributed by atoms with van der Waals surface area (Å²) in [7, 11) is 0. The Morgan fingerprint density at radius 2 is 1.63 bits per heavy atom. The first-order valence-electron chi connectivity index (χ1n) is 8.96. The zero-order valence-corrected chi connectivity index (χ0v) is 15.2. The first-order valence-corrected chi connectivity index (χ1v) is 8.96. The van der Waals surface area contributed by atoms with E-state index in [1.165, 1.54) is 6.07 Å². The molecule has 0 spiro atoms. The molecule has 0 saturated heterocycles. The van der Waals surface area contributed by atoms with Gasteiger partial charge in [-0.2, -0.15) is 0 Å². The van der Waals surface area contributed by atoms with Gasteiger partial charge in [-0.1, -0.05) is 30.3 Å². The molecule has 138 valence electrons. The third-order valence-electron chi connectivity index (χ3n) is 5.41. The van der Waals surface area contributed by atoms with Crippen molar-refractivity contribution >= 4 is 0 Å². The number of rotatable bonds is 2. The van der Waals surface area contributed by atoms with Gasteiger partial charge in [0.15, 0.2) is 0 Å². The Hall–Kier alpha value is -3.01. The lowest BCUT2D eigenvalue weighted by Crippen LogP contribution is -2.26. The molecule has 0 aliphatic carbocycles. The van der Waals surface area contributed by atoms with Gasteiger partial charge in [0.2, 0.25) is 0 Å². The molecule has 27 heavy (non-hydrogen) atoms. The van der Waals surface area contributed by atoms with Crippen LogP contribution in [0.15, 0.2) is 54.6 Å². The summed E-state index contributed by atoms with van der Waals surface area (Å²) in [4.78, 5) is 0. The van der Waals surface area contributed by atoms with Crippen molar-refractivity contribution in [3.63, 3.8) is 0 Å². The highest BCUT2D eigenvalue weighted by Crippen LogP contribution is 2.48. The van der Waals surface area contributed by atoms with Crippen molar-refractivity contribution in [3.8, 4) is 17.2 Å². The van der Waals surface area contributed by atoms with Crippen molar-refractivity contribution in [1.82, 2.24) is 0 Å². The number of ether oxygens (including phenoxy) is 1. The summed E-state index contributed by atoms with van der Waals surface area (Å²) in [6.07, 6.45) is 0. The fraction of sp³-hybridized carbons (Fsp3) is 0.217. The van der Waals surface area contributed by atoms with Crippen LogP contribution in [0.3, 0.4) is 0 Å². The molecule has 0 bridgehead atoms. The van der Waals surface area contributed by atoms with E-state index in [0.29, 0.717) is 23.5 Å². The van der Waals surface area contributed by atoms with E-state index in [0.717, 1.165) is 16.7 Å². The molecule has 3 nitrogen and oxygen atoms in total. The quantitative estimate of drug-likeness (QED) is 0.660. The molecule has 0 radical (unpaired) electrons. The van der Waals surface area contributed by atoms with E-state index in [2.05, 4.69) is 0 Å². The molecule has 0 fully saturated rings. The third kappa shape index (κ3) is 3.01. The number of benzene rings is 3. The second-order valence-electron chi connectivity index (χ2n) is 7.12. The number of aromatic hydroxyl groups is 2. The Labute approximate surface area is 157 Å². The minimum absolute atomic E-state index is 0.00639. The maximum Gasteiger partial charge on any atom is 0.129 e. The lowest BCUT2D eigenvalue weighted by molar-refractivity contribution is 0.245. The van der Waals surface area contributed by atoms with Crippen LogP contribution in [0, 0.1) is 19.7 Å². The number of aryl methyl sites for hydroxylation is 1. The highest BCUT2D eigenvalue weighted by Gasteiger charge is 2.35. The molecule has 0 amide bonds. The molecule has 1 aliphatic rings. The van der Waals surface area contributed by atoms with E-state index >= 15 is 0 Å². The molecular formula is C23H21FO3. The first-order chi connectivity index (χ1) is 13.0. The Bertz CT molecular complexity index is 995. The average molecular weight is 364 g/mol. The Balaban J connectivity index is 1.90. The predicted octanol–water partition coefficient (Wildman–Crippen LogP) is 5.16. The number of phenolic OH excluding ortho intramolecular Hbond substituents is 2. The summed E-state index contributed by atoms with van der Waals surface area (Å²) in [5, 5.41) is 19.7. The van der Waals surface area contributed by atoms with Gasteiger partial charge in [-0.25, -0.2) is 4.39 Å². The van der Waals surface area contributed by atoms with Crippen LogP contribution >= 0.6 is 0 Å². The number of hydrogen-bond donors (Lipinski definition) is 2. The molecule has 1 heterocycles. The van der Waals surface area contributed by atoms with Gasteiger partial charge in [0, 0.05) is 23.0 Å². The number of fused-ring (bicyclic) bond motifs is 1. The molecule has 2 atom stereocenters. The van der Waals surface area contributed by atoms with E-state index in [4.69, 9.17) is 4.74 Å². The topological polar surface area (TPSA) is 49.7 Å². The first kappa shape index (κ1) is 17.4. The minimum Gasteiger partial charge on any atom is -0.508 e. The van der Waals surface area contributed by atoms with Gasteiger partial charge < -0.3 is 14.9 Å². The van der Waals surface area contributed by atoms with Gasteiger partial charge in [-0.15, -0.1) is 0 Å². The minimum atomic E-state index is -0.228. The van der Waals surface area contributed by atoms with Gasteiger partial charge >= 0.3 is 0 Å². The summed E-state index contributed by atoms with van der Waals surface area (Å²) in [5.41, 5.74) is 4.32. The number of hydrogen-bond acceptors (Lipinski definition) is 3. The highest BCUT2D eigenvalue weighted by atomic mass is 19.1. The Morgan fingerprint density at radius 1 is 0.926 bits per heavy atom. The van der Waals surface area contributed by atoms with Crippen LogP contribution in [-0.2, 0) is 0 Å². The maximum absolute atomic E-state index is 13.9. The smallest absolute Gasteiger partial charge is 0.129 e. The van der Waals surface area contributed by atoms with Crippen LogP contribution in [0.5, 0.6) is 17.2 Å². The zero-order valence-electron chi connectivity index (χ0n) is 15.2. The van der Waals surface area contributed by atoms with Gasteiger partial charge in [0.1, 0.15) is 23.1 Å². The monoisotopic (exact) mass is 364 g/mol. The highest BCUT2D eigenvalue weighted by molar-refractivity contribution is 5.55. The molecule has 4 heteroatoms. The molecule has 1 aliphatic heterocycles. The Kier molecular flexibility index (Phi) is 4.27. The van der Waals surface area contributed by atoms with E-state index < -0.39 is 0 Å². The van der Waals surface area contributed by atoms with Crippen molar-refractivity contribution in [1.29, 1.82) is 0 Å². The van der Waals surface area contributed by atoms with E-state index in [1.807, 2.05) is 37.3 Å². The van der Waals surface area contributed by atoms with Crippen LogP contribution in [0.25, 0.3) is 0 Å². The van der Waals surface area contributed by atoms with Crippen molar-refractivity contribution in [2.45, 2.75) is 25.7 Å². The Morgan fingerprint density at radius 3 is 2.33 bits per heavy atom. The third-order valence-corrected chi connectivity index (χ3v) is 5.41. The lowest BCUT2D eigenvalue weighted by atomic mass is 9.75. The van der Waals surface area contributed by atoms with Crippen molar-refractivity contribution in [2.24, 2.45) is 0 Å². The summed E-state index contributed by atoms with van der Waals surface area (Å²) < 4.78 is 19.9. The van der Waals surface area contributed by atoms with Gasteiger partial charge in [0.05, 0.1) is 6.61 Å². The molecule has 3 aromatic carbocycles. The van der Waals surface area contributed by atoms with E-state index in [1.54, 1.807) is 25.1 Å². The predicted molar refractivity (Wildman–Crippen MR) is 102 cm³/mol. The van der Waals surface area contributed by atoms with E-state index in [9.17, 15) is 14.6 Å². The van der Waals surface area contributed by atoms with Gasteiger partial charge in [-0.3, -0.25) is 0 Å². The second-order valence-corrected chi connectivity index (χ2v) is 7.12. The SMILES string of the molecule is Cc1cc(C2c3ccc(O)c(C)c3OCC2c2ccc(O)cc2)ccc1F. The summed E-state index contributed by atoms with van der Waals surface area (Å²) in [5.74, 6) is 0.839. The molecule has 2 N–H and O–H groups in total. The number of halogens is 1. The molecule has 4 rings (SSSR count). The van der Waals surface area contributed by atoms with Crippen LogP contribution < -0.4 is 4.74 Å². The van der Waals surface area contributed by atoms with Crippen molar-refractivity contribution in [2.75, 3.05) is 6.61 Å². The molecule has 3 aromatic rings. The van der Waals surface area contributed by atoms with Crippen LogP contribution in [-0.4, -0.2) is 16.8 Å². The molecule has 0 saturated carbocycles. The molecule has 0 aromatic heterocycles. The maximum atomic E-state index is 13.9. The fourth-order valence-corrected chi connectivity index (χ4v) is 3.91. The zero-order chi connectivity index (χ0) is 19.1. The molecular weight excluding hydrogens is 343 g/mol. The summed E-state index contributed by atoms with van der Waals surface area (Å²) >= 11 is 0. The second kappa shape index (κ2) is 6.62. The average Bonchev–Trinajstić information content (AvgIpc) is 2.67. The summed E-state index contributed by atoms with van der Waals surface area (Å²) in [6.45, 7) is 4.03. The van der Waals surface area contributed by atoms with Crippen LogP contribution in [0.1, 0.15) is 39.7 Å². The lowest BCUT2D eigenvalue weighted by Gasteiger charge is -2.35. The van der Waals surface area contributed by atoms with Crippen molar-refractivity contribution in [3.05, 3.63) is 88.2 Å².